The van der Waals surface area contributed by atoms with Gasteiger partial charge in [0.05, 0.1) is 15.0 Å². The smallest absolute Gasteiger partial charge is 0.0529 e. The summed E-state index contributed by atoms with van der Waals surface area (Å²) in [5.74, 6) is 0.739. The van der Waals surface area contributed by atoms with E-state index in [0.29, 0.717) is 6.04 Å². The summed E-state index contributed by atoms with van der Waals surface area (Å²) in [5.41, 5.74) is 0. The minimum Gasteiger partial charge on any atom is -0.299 e. The van der Waals surface area contributed by atoms with Gasteiger partial charge in [-0.1, -0.05) is 0 Å². The lowest BCUT2D eigenvalue weighted by atomic mass is 10.3. The van der Waals surface area contributed by atoms with Gasteiger partial charge in [-0.3, -0.25) is 4.90 Å². The van der Waals surface area contributed by atoms with E-state index in [1.807, 2.05) is 6.92 Å². The molecule has 0 radical (unpaired) electrons. The number of hydrogen-bond acceptors (Lipinski definition) is 3. The molecule has 1 aliphatic rings. The van der Waals surface area contributed by atoms with Crippen molar-refractivity contribution in [3.63, 3.8) is 0 Å². The highest BCUT2D eigenvalue weighted by Crippen LogP contribution is 2.16. The van der Waals surface area contributed by atoms with E-state index in [-0.39, 0.29) is 5.25 Å². The summed E-state index contributed by atoms with van der Waals surface area (Å²) >= 11 is 0. The van der Waals surface area contributed by atoms with E-state index in [1.54, 1.807) is 7.05 Å². The number of nitrogens with zero attached hydrogens (tertiary/aromatic N) is 2. The Morgan fingerprint density at radius 2 is 2.15 bits per heavy atom. The fraction of sp³-hybridized carbons (Fsp3) is 1.00. The zero-order chi connectivity index (χ0) is 10.1. The van der Waals surface area contributed by atoms with Crippen molar-refractivity contribution in [2.75, 3.05) is 25.9 Å². The SMILES string of the molecule is CN=S1(=O)CCN(C(C)C)CC1C. The second-order valence-corrected chi connectivity index (χ2v) is 6.93. The number of rotatable bonds is 1. The third kappa shape index (κ3) is 2.23. The Bertz CT molecular complexity index is 279. The van der Waals surface area contributed by atoms with Gasteiger partial charge in [0, 0.05) is 31.9 Å². The normalized spacial score (nSPS) is 36.5. The van der Waals surface area contributed by atoms with Crippen molar-refractivity contribution in [1.29, 1.82) is 0 Å². The van der Waals surface area contributed by atoms with Crippen molar-refractivity contribution >= 4 is 9.73 Å². The van der Waals surface area contributed by atoms with E-state index in [0.717, 1.165) is 18.8 Å². The molecule has 13 heavy (non-hydrogen) atoms. The van der Waals surface area contributed by atoms with Gasteiger partial charge in [-0.25, -0.2) is 8.57 Å². The van der Waals surface area contributed by atoms with Gasteiger partial charge in [0.25, 0.3) is 0 Å². The number of hydrogen-bond donors (Lipinski definition) is 0. The van der Waals surface area contributed by atoms with E-state index in [9.17, 15) is 4.21 Å². The molecule has 0 amide bonds. The van der Waals surface area contributed by atoms with Crippen molar-refractivity contribution in [2.45, 2.75) is 32.1 Å². The Morgan fingerprint density at radius 3 is 2.54 bits per heavy atom. The van der Waals surface area contributed by atoms with E-state index in [1.165, 1.54) is 0 Å². The molecule has 78 valence electrons. The monoisotopic (exact) mass is 204 g/mol. The summed E-state index contributed by atoms with van der Waals surface area (Å²) in [7, 11) is -0.206. The largest absolute Gasteiger partial charge is 0.299 e. The third-order valence-corrected chi connectivity index (χ3v) is 5.62. The molecular weight excluding hydrogens is 184 g/mol. The highest BCUT2D eigenvalue weighted by Gasteiger charge is 2.28. The highest BCUT2D eigenvalue weighted by atomic mass is 32.2. The van der Waals surface area contributed by atoms with Crippen LogP contribution >= 0.6 is 0 Å². The Labute approximate surface area is 81.7 Å². The van der Waals surface area contributed by atoms with Crippen LogP contribution in [0, 0.1) is 0 Å². The molecule has 1 rings (SSSR count). The maximum absolute atomic E-state index is 12.1. The van der Waals surface area contributed by atoms with E-state index < -0.39 is 9.73 Å². The molecule has 1 saturated heterocycles. The van der Waals surface area contributed by atoms with Crippen LogP contribution in [-0.4, -0.2) is 46.3 Å². The first-order valence-electron chi connectivity index (χ1n) is 4.85. The van der Waals surface area contributed by atoms with Crippen LogP contribution in [0.5, 0.6) is 0 Å². The van der Waals surface area contributed by atoms with Crippen LogP contribution in [0.2, 0.25) is 0 Å². The standard InChI is InChI=1S/C9H20N2OS/c1-8(2)11-5-6-13(12,10-4)9(3)7-11/h8-9H,5-7H2,1-4H3. The van der Waals surface area contributed by atoms with E-state index in [2.05, 4.69) is 23.1 Å². The molecule has 0 aliphatic carbocycles. The Hall–Kier alpha value is -0.0900. The molecule has 0 aromatic heterocycles. The van der Waals surface area contributed by atoms with Gasteiger partial charge in [-0.05, 0) is 20.8 Å². The second kappa shape index (κ2) is 3.96. The van der Waals surface area contributed by atoms with Gasteiger partial charge in [0.15, 0.2) is 0 Å². The molecule has 1 aliphatic heterocycles. The van der Waals surface area contributed by atoms with E-state index in [4.69, 9.17) is 0 Å². The fourth-order valence-corrected chi connectivity index (χ4v) is 3.59. The average molecular weight is 204 g/mol. The molecule has 2 atom stereocenters. The predicted octanol–water partition coefficient (Wildman–Crippen LogP) is 1.20. The molecule has 1 fully saturated rings. The van der Waals surface area contributed by atoms with Crippen LogP contribution in [0.3, 0.4) is 0 Å². The lowest BCUT2D eigenvalue weighted by Gasteiger charge is -2.35. The lowest BCUT2D eigenvalue weighted by Crippen LogP contribution is -2.48. The average Bonchev–Trinajstić information content (AvgIpc) is 2.09. The van der Waals surface area contributed by atoms with Crippen LogP contribution in [0.15, 0.2) is 4.36 Å². The summed E-state index contributed by atoms with van der Waals surface area (Å²) in [6, 6.07) is 0.559. The maximum atomic E-state index is 12.1. The van der Waals surface area contributed by atoms with Gasteiger partial charge in [0.1, 0.15) is 0 Å². The van der Waals surface area contributed by atoms with Crippen molar-refractivity contribution in [2.24, 2.45) is 4.36 Å². The Kier molecular flexibility index (Phi) is 3.35. The molecule has 1 heterocycles. The first-order chi connectivity index (χ1) is 5.99. The van der Waals surface area contributed by atoms with Crippen LogP contribution in [-0.2, 0) is 9.73 Å². The highest BCUT2D eigenvalue weighted by molar-refractivity contribution is 7.94. The topological polar surface area (TPSA) is 32.7 Å². The Balaban J connectivity index is 2.73. The minimum atomic E-state index is -1.89. The van der Waals surface area contributed by atoms with Gasteiger partial charge >= 0.3 is 0 Å². The summed E-state index contributed by atoms with van der Waals surface area (Å²) in [5, 5.41) is 0.216. The van der Waals surface area contributed by atoms with Gasteiger partial charge in [0.2, 0.25) is 0 Å². The molecule has 0 saturated carbocycles. The van der Waals surface area contributed by atoms with Crippen molar-refractivity contribution in [3.05, 3.63) is 0 Å². The maximum Gasteiger partial charge on any atom is 0.0529 e. The predicted molar refractivity (Wildman–Crippen MR) is 57.5 cm³/mol. The van der Waals surface area contributed by atoms with Gasteiger partial charge in [-0.15, -0.1) is 0 Å². The second-order valence-electron chi connectivity index (χ2n) is 3.98. The molecule has 0 N–H and O–H groups in total. The molecule has 3 nitrogen and oxygen atoms in total. The molecule has 0 bridgehead atoms. The summed E-state index contributed by atoms with van der Waals surface area (Å²) < 4.78 is 16.1. The zero-order valence-corrected chi connectivity index (χ0v) is 9.80. The quantitative estimate of drug-likeness (QED) is 0.643. The van der Waals surface area contributed by atoms with E-state index >= 15 is 0 Å². The lowest BCUT2D eigenvalue weighted by molar-refractivity contribution is 0.229. The Morgan fingerprint density at radius 1 is 1.54 bits per heavy atom. The van der Waals surface area contributed by atoms with Crippen molar-refractivity contribution < 1.29 is 4.21 Å². The van der Waals surface area contributed by atoms with Crippen molar-refractivity contribution in [3.8, 4) is 0 Å². The van der Waals surface area contributed by atoms with Gasteiger partial charge in [-0.2, -0.15) is 0 Å². The molecule has 0 aromatic carbocycles. The summed E-state index contributed by atoms with van der Waals surface area (Å²) in [6.07, 6.45) is 0. The van der Waals surface area contributed by atoms with Crippen molar-refractivity contribution in [1.82, 2.24) is 4.90 Å². The third-order valence-electron chi connectivity index (χ3n) is 2.83. The molecular formula is C9H20N2OS. The zero-order valence-electron chi connectivity index (χ0n) is 8.99. The first kappa shape index (κ1) is 11.0. The van der Waals surface area contributed by atoms with Crippen LogP contribution in [0.25, 0.3) is 0 Å². The first-order valence-corrected chi connectivity index (χ1v) is 6.60. The fourth-order valence-electron chi connectivity index (χ4n) is 1.73. The van der Waals surface area contributed by atoms with Crippen LogP contribution in [0.4, 0.5) is 0 Å². The summed E-state index contributed by atoms with van der Waals surface area (Å²) in [6.45, 7) is 8.27. The molecule has 4 heteroatoms. The molecule has 0 spiro atoms. The summed E-state index contributed by atoms with van der Waals surface area (Å²) in [4.78, 5) is 2.37. The minimum absolute atomic E-state index is 0.216. The van der Waals surface area contributed by atoms with Crippen LogP contribution in [0.1, 0.15) is 20.8 Å². The molecule has 2 unspecified atom stereocenters. The molecule has 0 aromatic rings. The van der Waals surface area contributed by atoms with Gasteiger partial charge < -0.3 is 0 Å². The van der Waals surface area contributed by atoms with Crippen LogP contribution < -0.4 is 0 Å².